The minimum absolute atomic E-state index is 0.0563. The molecule has 1 saturated heterocycles. The largest absolute Gasteiger partial charge is 0.373 e. The van der Waals surface area contributed by atoms with Crippen molar-refractivity contribution in [2.75, 3.05) is 19.7 Å². The Kier molecular flexibility index (Phi) is 4.19. The molecule has 0 aromatic carbocycles. The fourth-order valence-electron chi connectivity index (χ4n) is 1.77. The number of rotatable bonds is 2. The van der Waals surface area contributed by atoms with Crippen molar-refractivity contribution >= 4 is 33.2 Å². The highest BCUT2D eigenvalue weighted by Crippen LogP contribution is 2.25. The van der Waals surface area contributed by atoms with Gasteiger partial charge in [-0.05, 0) is 34.3 Å². The number of hydrogen-bond acceptors (Lipinski definition) is 4. The van der Waals surface area contributed by atoms with E-state index in [9.17, 15) is 4.79 Å². The molecular formula is C11H15BrN2O2S. The van der Waals surface area contributed by atoms with Crippen molar-refractivity contribution in [2.24, 2.45) is 5.73 Å². The summed E-state index contributed by atoms with van der Waals surface area (Å²) in [6, 6.07) is 1.83. The number of halogens is 1. The first-order valence-electron chi connectivity index (χ1n) is 5.49. The molecule has 2 unspecified atom stereocenters. The van der Waals surface area contributed by atoms with Crippen molar-refractivity contribution in [3.05, 3.63) is 20.8 Å². The number of nitrogens with zero attached hydrogens (tertiary/aromatic N) is 1. The number of amides is 1. The standard InChI is InChI=1S/C11H15BrN2O2S/c1-7(13)9-6-14(3-4-16-9)11(15)10-8(12)2-5-17-10/h2,5,7,9H,3-4,6,13H2,1H3. The fraction of sp³-hybridized carbons (Fsp3) is 0.545. The van der Waals surface area contributed by atoms with E-state index in [1.54, 1.807) is 0 Å². The summed E-state index contributed by atoms with van der Waals surface area (Å²) in [5.41, 5.74) is 5.81. The molecule has 1 fully saturated rings. The highest BCUT2D eigenvalue weighted by Gasteiger charge is 2.28. The molecular weight excluding hydrogens is 304 g/mol. The molecule has 1 aromatic heterocycles. The number of nitrogens with two attached hydrogens (primary N) is 1. The molecule has 0 saturated carbocycles. The molecule has 4 nitrogen and oxygen atoms in total. The molecule has 94 valence electrons. The molecule has 0 radical (unpaired) electrons. The first kappa shape index (κ1) is 13.0. The van der Waals surface area contributed by atoms with Crippen LogP contribution in [0.25, 0.3) is 0 Å². The van der Waals surface area contributed by atoms with Gasteiger partial charge in [-0.3, -0.25) is 4.79 Å². The predicted molar refractivity (Wildman–Crippen MR) is 71.3 cm³/mol. The summed E-state index contributed by atoms with van der Waals surface area (Å²) in [7, 11) is 0. The van der Waals surface area contributed by atoms with E-state index in [1.165, 1.54) is 11.3 Å². The van der Waals surface area contributed by atoms with Crippen LogP contribution in [0.2, 0.25) is 0 Å². The average molecular weight is 319 g/mol. The predicted octanol–water partition coefficient (Wildman–Crippen LogP) is 1.70. The molecule has 0 aliphatic carbocycles. The molecule has 1 aliphatic heterocycles. The van der Waals surface area contributed by atoms with E-state index < -0.39 is 0 Å². The maximum absolute atomic E-state index is 12.3. The minimum Gasteiger partial charge on any atom is -0.373 e. The van der Waals surface area contributed by atoms with Crippen LogP contribution in [-0.4, -0.2) is 42.6 Å². The van der Waals surface area contributed by atoms with Crippen molar-refractivity contribution in [3.63, 3.8) is 0 Å². The summed E-state index contributed by atoms with van der Waals surface area (Å²) in [6.45, 7) is 3.66. The van der Waals surface area contributed by atoms with Crippen LogP contribution in [0.5, 0.6) is 0 Å². The Morgan fingerprint density at radius 1 is 1.76 bits per heavy atom. The number of hydrogen-bond donors (Lipinski definition) is 1. The van der Waals surface area contributed by atoms with Crippen LogP contribution >= 0.6 is 27.3 Å². The summed E-state index contributed by atoms with van der Waals surface area (Å²) in [5.74, 6) is 0.0563. The summed E-state index contributed by atoms with van der Waals surface area (Å²) >= 11 is 4.84. The SMILES string of the molecule is CC(N)C1CN(C(=O)c2sccc2Br)CCO1. The topological polar surface area (TPSA) is 55.6 Å². The molecule has 17 heavy (non-hydrogen) atoms. The second-order valence-electron chi connectivity index (χ2n) is 4.12. The Morgan fingerprint density at radius 3 is 3.12 bits per heavy atom. The third-order valence-corrected chi connectivity index (χ3v) is 4.60. The summed E-state index contributed by atoms with van der Waals surface area (Å²) < 4.78 is 6.40. The van der Waals surface area contributed by atoms with E-state index in [1.807, 2.05) is 23.3 Å². The first-order chi connectivity index (χ1) is 8.09. The Balaban J connectivity index is 2.07. The van der Waals surface area contributed by atoms with Gasteiger partial charge in [0, 0.05) is 23.6 Å². The van der Waals surface area contributed by atoms with E-state index in [4.69, 9.17) is 10.5 Å². The molecule has 1 aliphatic rings. The van der Waals surface area contributed by atoms with Crippen LogP contribution in [0.1, 0.15) is 16.6 Å². The fourth-order valence-corrected chi connectivity index (χ4v) is 3.28. The summed E-state index contributed by atoms with van der Waals surface area (Å²) in [5, 5.41) is 1.90. The van der Waals surface area contributed by atoms with E-state index in [0.717, 1.165) is 9.35 Å². The van der Waals surface area contributed by atoms with Gasteiger partial charge < -0.3 is 15.4 Å². The van der Waals surface area contributed by atoms with Crippen LogP contribution in [-0.2, 0) is 4.74 Å². The van der Waals surface area contributed by atoms with Crippen LogP contribution in [0.3, 0.4) is 0 Å². The summed E-state index contributed by atoms with van der Waals surface area (Å²) in [4.78, 5) is 14.8. The van der Waals surface area contributed by atoms with Crippen LogP contribution < -0.4 is 5.73 Å². The van der Waals surface area contributed by atoms with Crippen LogP contribution in [0.4, 0.5) is 0 Å². The normalized spacial score (nSPS) is 22.5. The van der Waals surface area contributed by atoms with Crippen molar-refractivity contribution in [3.8, 4) is 0 Å². The van der Waals surface area contributed by atoms with Gasteiger partial charge >= 0.3 is 0 Å². The lowest BCUT2D eigenvalue weighted by Crippen LogP contribution is -2.51. The lowest BCUT2D eigenvalue weighted by atomic mass is 10.1. The van der Waals surface area contributed by atoms with Gasteiger partial charge in [-0.15, -0.1) is 11.3 Å². The number of thiophene rings is 1. The van der Waals surface area contributed by atoms with E-state index in [-0.39, 0.29) is 18.1 Å². The number of morpholine rings is 1. The third kappa shape index (κ3) is 2.88. The molecule has 1 amide bonds. The second-order valence-corrected chi connectivity index (χ2v) is 5.89. The quantitative estimate of drug-likeness (QED) is 0.903. The minimum atomic E-state index is -0.0635. The van der Waals surface area contributed by atoms with Crippen molar-refractivity contribution in [2.45, 2.75) is 19.1 Å². The summed E-state index contributed by atoms with van der Waals surface area (Å²) in [6.07, 6.45) is -0.0635. The second kappa shape index (κ2) is 5.48. The first-order valence-corrected chi connectivity index (χ1v) is 7.16. The maximum Gasteiger partial charge on any atom is 0.265 e. The maximum atomic E-state index is 12.3. The Morgan fingerprint density at radius 2 is 2.53 bits per heavy atom. The zero-order valence-corrected chi connectivity index (χ0v) is 12.0. The smallest absolute Gasteiger partial charge is 0.265 e. The van der Waals surface area contributed by atoms with Gasteiger partial charge in [0.25, 0.3) is 5.91 Å². The van der Waals surface area contributed by atoms with E-state index >= 15 is 0 Å². The number of carbonyl (C=O) groups excluding carboxylic acids is 1. The lowest BCUT2D eigenvalue weighted by molar-refractivity contribution is -0.0298. The van der Waals surface area contributed by atoms with Crippen molar-refractivity contribution < 1.29 is 9.53 Å². The number of carbonyl (C=O) groups is 1. The lowest BCUT2D eigenvalue weighted by Gasteiger charge is -2.34. The average Bonchev–Trinajstić information content (AvgIpc) is 2.74. The molecule has 2 rings (SSSR count). The molecule has 0 bridgehead atoms. The monoisotopic (exact) mass is 318 g/mol. The van der Waals surface area contributed by atoms with Crippen LogP contribution in [0, 0.1) is 0 Å². The van der Waals surface area contributed by atoms with Gasteiger partial charge in [0.2, 0.25) is 0 Å². The van der Waals surface area contributed by atoms with Gasteiger partial charge in [-0.1, -0.05) is 0 Å². The Labute approximate surface area is 113 Å². The number of ether oxygens (including phenoxy) is 1. The van der Waals surface area contributed by atoms with Gasteiger partial charge in [0.1, 0.15) is 4.88 Å². The molecule has 6 heteroatoms. The zero-order chi connectivity index (χ0) is 12.4. The van der Waals surface area contributed by atoms with E-state index in [2.05, 4.69) is 15.9 Å². The Hall–Kier alpha value is -0.430. The highest BCUT2D eigenvalue weighted by molar-refractivity contribution is 9.10. The van der Waals surface area contributed by atoms with E-state index in [0.29, 0.717) is 19.7 Å². The molecule has 0 spiro atoms. The van der Waals surface area contributed by atoms with Gasteiger partial charge in [-0.25, -0.2) is 0 Å². The van der Waals surface area contributed by atoms with Gasteiger partial charge in [-0.2, -0.15) is 0 Å². The molecule has 2 heterocycles. The van der Waals surface area contributed by atoms with Crippen molar-refractivity contribution in [1.29, 1.82) is 0 Å². The third-order valence-electron chi connectivity index (χ3n) is 2.78. The molecule has 1 aromatic rings. The molecule has 2 atom stereocenters. The Bertz CT molecular complexity index is 408. The van der Waals surface area contributed by atoms with Gasteiger partial charge in [0.15, 0.2) is 0 Å². The van der Waals surface area contributed by atoms with Crippen LogP contribution in [0.15, 0.2) is 15.9 Å². The zero-order valence-electron chi connectivity index (χ0n) is 9.56. The van der Waals surface area contributed by atoms with Gasteiger partial charge in [0.05, 0.1) is 12.7 Å². The molecule has 2 N–H and O–H groups in total. The van der Waals surface area contributed by atoms with Crippen molar-refractivity contribution in [1.82, 2.24) is 4.90 Å². The highest BCUT2D eigenvalue weighted by atomic mass is 79.9.